The van der Waals surface area contributed by atoms with E-state index in [0.717, 1.165) is 50.7 Å². The molecule has 1 spiro atoms. The molecule has 0 aromatic heterocycles. The number of hydrogen-bond donors (Lipinski definition) is 1. The normalized spacial score (nSPS) is 23.2. The van der Waals surface area contributed by atoms with E-state index in [1.807, 2.05) is 0 Å². The molecule has 3 rings (SSSR count). The molecule has 2 aliphatic rings. The van der Waals surface area contributed by atoms with Gasteiger partial charge in [0.2, 0.25) is 0 Å². The van der Waals surface area contributed by atoms with E-state index in [1.54, 1.807) is 0 Å². The molecule has 126 valence electrons. The third-order valence-corrected chi connectivity index (χ3v) is 5.12. The van der Waals surface area contributed by atoms with Gasteiger partial charge in [-0.3, -0.25) is 5.32 Å². The Kier molecular flexibility index (Phi) is 4.25. The van der Waals surface area contributed by atoms with E-state index < -0.39 is 17.8 Å². The molecule has 2 aliphatic carbocycles. The monoisotopic (exact) mass is 327 g/mol. The maximum Gasteiger partial charge on any atom is 0.416 e. The maximum absolute atomic E-state index is 12.7. The summed E-state index contributed by atoms with van der Waals surface area (Å²) in [5.41, 5.74) is -0.576. The lowest BCUT2D eigenvalue weighted by molar-refractivity contribution is -0.137. The molecular weight excluding hydrogens is 307 g/mol. The van der Waals surface area contributed by atoms with Gasteiger partial charge in [-0.2, -0.15) is 13.2 Å². The molecule has 0 heterocycles. The van der Waals surface area contributed by atoms with Crippen molar-refractivity contribution in [2.75, 3.05) is 5.32 Å². The molecule has 0 unspecified atom stereocenters. The number of ether oxygens (including phenoxy) is 1. The van der Waals surface area contributed by atoms with Gasteiger partial charge in [-0.1, -0.05) is 25.3 Å². The van der Waals surface area contributed by atoms with Crippen molar-refractivity contribution < 1.29 is 22.7 Å². The molecule has 1 aromatic carbocycles. The van der Waals surface area contributed by atoms with Gasteiger partial charge >= 0.3 is 12.3 Å². The minimum atomic E-state index is -4.43. The van der Waals surface area contributed by atoms with Crippen molar-refractivity contribution in [1.29, 1.82) is 0 Å². The SMILES string of the molecule is O=C(Nc1cccc(C(F)(F)F)c1)O[C@H]1CCC12CCCCC2. The second-order valence-electron chi connectivity index (χ2n) is 6.56. The van der Waals surface area contributed by atoms with E-state index >= 15 is 0 Å². The zero-order chi connectivity index (χ0) is 16.5. The fourth-order valence-corrected chi connectivity index (χ4v) is 3.73. The number of hydrogen-bond acceptors (Lipinski definition) is 2. The molecule has 1 amide bonds. The molecule has 1 atom stereocenters. The van der Waals surface area contributed by atoms with Crippen LogP contribution in [-0.2, 0) is 10.9 Å². The van der Waals surface area contributed by atoms with Gasteiger partial charge in [0.1, 0.15) is 6.10 Å². The van der Waals surface area contributed by atoms with Crippen molar-refractivity contribution in [3.63, 3.8) is 0 Å². The quantitative estimate of drug-likeness (QED) is 0.793. The van der Waals surface area contributed by atoms with Crippen molar-refractivity contribution in [3.05, 3.63) is 29.8 Å². The van der Waals surface area contributed by atoms with Gasteiger partial charge in [0, 0.05) is 11.1 Å². The Bertz CT molecular complexity index is 579. The van der Waals surface area contributed by atoms with E-state index in [0.29, 0.717) is 0 Å². The van der Waals surface area contributed by atoms with E-state index in [4.69, 9.17) is 4.74 Å². The Morgan fingerprint density at radius 1 is 1.17 bits per heavy atom. The van der Waals surface area contributed by atoms with Gasteiger partial charge < -0.3 is 4.74 Å². The number of benzene rings is 1. The van der Waals surface area contributed by atoms with Gasteiger partial charge in [-0.25, -0.2) is 4.79 Å². The molecule has 0 bridgehead atoms. The van der Waals surface area contributed by atoms with Crippen LogP contribution in [0.3, 0.4) is 0 Å². The second kappa shape index (κ2) is 6.06. The van der Waals surface area contributed by atoms with Crippen LogP contribution >= 0.6 is 0 Å². The number of rotatable bonds is 2. The maximum atomic E-state index is 12.7. The third kappa shape index (κ3) is 3.46. The van der Waals surface area contributed by atoms with Crippen LogP contribution in [0, 0.1) is 5.41 Å². The van der Waals surface area contributed by atoms with Crippen LogP contribution in [0.1, 0.15) is 50.5 Å². The fraction of sp³-hybridized carbons (Fsp3) is 0.588. The minimum absolute atomic E-state index is 0.0989. The molecular formula is C17H20F3NO2. The lowest BCUT2D eigenvalue weighted by atomic mass is 9.58. The molecule has 3 nitrogen and oxygen atoms in total. The number of nitrogens with one attached hydrogen (secondary N) is 1. The summed E-state index contributed by atoms with van der Waals surface area (Å²) in [6.45, 7) is 0. The lowest BCUT2D eigenvalue weighted by Gasteiger charge is -2.50. The summed E-state index contributed by atoms with van der Waals surface area (Å²) in [6.07, 6.45) is 2.43. The van der Waals surface area contributed by atoms with Gasteiger partial charge in [0.05, 0.1) is 5.56 Å². The van der Waals surface area contributed by atoms with Crippen molar-refractivity contribution >= 4 is 11.8 Å². The molecule has 1 aromatic rings. The van der Waals surface area contributed by atoms with Crippen LogP contribution in [0.25, 0.3) is 0 Å². The molecule has 0 aliphatic heterocycles. The van der Waals surface area contributed by atoms with Crippen LogP contribution in [-0.4, -0.2) is 12.2 Å². The Hall–Kier alpha value is -1.72. The first kappa shape index (κ1) is 16.1. The standard InChI is InChI=1S/C17H20F3NO2/c18-17(19,20)12-5-4-6-13(11-12)21-15(22)23-14-7-10-16(14)8-2-1-3-9-16/h4-6,11,14H,1-3,7-10H2,(H,21,22)/t14-/m0/s1. The highest BCUT2D eigenvalue weighted by molar-refractivity contribution is 5.84. The Morgan fingerprint density at radius 2 is 1.91 bits per heavy atom. The summed E-state index contributed by atoms with van der Waals surface area (Å²) in [4.78, 5) is 12.0. The molecule has 2 saturated carbocycles. The van der Waals surface area contributed by atoms with Crippen molar-refractivity contribution in [1.82, 2.24) is 0 Å². The van der Waals surface area contributed by atoms with Crippen LogP contribution < -0.4 is 5.32 Å². The summed E-state index contributed by atoms with van der Waals surface area (Å²) in [5.74, 6) is 0. The molecule has 0 saturated heterocycles. The molecule has 2 fully saturated rings. The van der Waals surface area contributed by atoms with Gasteiger partial charge in [0.25, 0.3) is 0 Å². The van der Waals surface area contributed by atoms with Gasteiger partial charge in [-0.05, 0) is 43.9 Å². The Labute approximate surface area is 133 Å². The number of anilines is 1. The fourth-order valence-electron chi connectivity index (χ4n) is 3.73. The summed E-state index contributed by atoms with van der Waals surface area (Å²) in [7, 11) is 0. The molecule has 23 heavy (non-hydrogen) atoms. The first-order chi connectivity index (χ1) is 10.9. The van der Waals surface area contributed by atoms with E-state index in [1.165, 1.54) is 18.6 Å². The topological polar surface area (TPSA) is 38.3 Å². The number of carbonyl (C=O) groups excluding carboxylic acids is 1. The molecule has 1 N–H and O–H groups in total. The first-order valence-electron chi connectivity index (χ1n) is 8.04. The number of carbonyl (C=O) groups is 1. The van der Waals surface area contributed by atoms with E-state index in [-0.39, 0.29) is 17.2 Å². The van der Waals surface area contributed by atoms with E-state index in [2.05, 4.69) is 5.32 Å². The predicted octanol–water partition coefficient (Wildman–Crippen LogP) is 5.37. The number of alkyl halides is 3. The highest BCUT2D eigenvalue weighted by Gasteiger charge is 2.49. The second-order valence-corrected chi connectivity index (χ2v) is 6.56. The summed E-state index contributed by atoms with van der Waals surface area (Å²) >= 11 is 0. The number of halogens is 3. The zero-order valence-corrected chi connectivity index (χ0v) is 12.8. The number of amides is 1. The summed E-state index contributed by atoms with van der Waals surface area (Å²) < 4.78 is 43.5. The summed E-state index contributed by atoms with van der Waals surface area (Å²) in [6, 6.07) is 4.58. The minimum Gasteiger partial charge on any atom is -0.445 e. The highest BCUT2D eigenvalue weighted by Crippen LogP contribution is 2.53. The van der Waals surface area contributed by atoms with Crippen molar-refractivity contribution in [2.24, 2.45) is 5.41 Å². The van der Waals surface area contributed by atoms with Gasteiger partial charge in [0.15, 0.2) is 0 Å². The van der Waals surface area contributed by atoms with Gasteiger partial charge in [-0.15, -0.1) is 0 Å². The van der Waals surface area contributed by atoms with Crippen LogP contribution in [0.4, 0.5) is 23.7 Å². The average molecular weight is 327 g/mol. The smallest absolute Gasteiger partial charge is 0.416 e. The first-order valence-corrected chi connectivity index (χ1v) is 8.04. The largest absolute Gasteiger partial charge is 0.445 e. The van der Waals surface area contributed by atoms with E-state index in [9.17, 15) is 18.0 Å². The average Bonchev–Trinajstić information content (AvgIpc) is 2.52. The van der Waals surface area contributed by atoms with Crippen LogP contribution in [0.15, 0.2) is 24.3 Å². The van der Waals surface area contributed by atoms with Crippen molar-refractivity contribution in [2.45, 2.75) is 57.2 Å². The van der Waals surface area contributed by atoms with Crippen LogP contribution in [0.2, 0.25) is 0 Å². The zero-order valence-electron chi connectivity index (χ0n) is 12.8. The summed E-state index contributed by atoms with van der Waals surface area (Å²) in [5, 5.41) is 2.41. The predicted molar refractivity (Wildman–Crippen MR) is 80.1 cm³/mol. The Morgan fingerprint density at radius 3 is 2.52 bits per heavy atom. The molecule has 6 heteroatoms. The highest BCUT2D eigenvalue weighted by atomic mass is 19.4. The third-order valence-electron chi connectivity index (χ3n) is 5.12. The Balaban J connectivity index is 1.60. The lowest BCUT2D eigenvalue weighted by Crippen LogP contribution is -2.49. The van der Waals surface area contributed by atoms with Crippen LogP contribution in [0.5, 0.6) is 0 Å². The molecule has 0 radical (unpaired) electrons. The van der Waals surface area contributed by atoms with Crippen molar-refractivity contribution in [3.8, 4) is 0 Å².